The highest BCUT2D eigenvalue weighted by Gasteiger charge is 2.17. The lowest BCUT2D eigenvalue weighted by molar-refractivity contribution is -0.136. The van der Waals surface area contributed by atoms with Crippen LogP contribution in [0.1, 0.15) is 33.7 Å². The highest BCUT2D eigenvalue weighted by molar-refractivity contribution is 7.15. The molecule has 0 aliphatic carbocycles. The van der Waals surface area contributed by atoms with E-state index in [1.165, 1.54) is 4.88 Å². The number of hydrogen-bond donors (Lipinski definition) is 1. The zero-order valence-corrected chi connectivity index (χ0v) is 20.9. The zero-order chi connectivity index (χ0) is 24.5. The lowest BCUT2D eigenvalue weighted by atomic mass is 10.0. The van der Waals surface area contributed by atoms with Crippen LogP contribution in [0.4, 0.5) is 5.13 Å². The van der Waals surface area contributed by atoms with Gasteiger partial charge in [-0.25, -0.2) is 4.98 Å². The van der Waals surface area contributed by atoms with Crippen molar-refractivity contribution in [1.82, 2.24) is 4.98 Å². The summed E-state index contributed by atoms with van der Waals surface area (Å²) in [6.07, 6.45) is 1.27. The number of aryl methyl sites for hydroxylation is 2. The third-order valence-electron chi connectivity index (χ3n) is 5.93. The second kappa shape index (κ2) is 12.7. The number of nitrogens with zero attached hydrogens (tertiary/aromatic N) is 2. The van der Waals surface area contributed by atoms with Crippen molar-refractivity contribution in [1.29, 1.82) is 0 Å². The standard InChI is InChI=1S/C27H32N2O5S/c1-20-25(28-27(35-20)29-12-15-32-16-13-29)11-14-34-24-9-7-22(8-10-26(30)31)23(17-24)19-33-18-21-5-3-2-4-6-21/h2-7,9,17H,8,10-16,18-19H2,1H3,(H,30,31). The fourth-order valence-corrected chi connectivity index (χ4v) is 4.97. The van der Waals surface area contributed by atoms with Crippen molar-refractivity contribution in [2.24, 2.45) is 0 Å². The minimum absolute atomic E-state index is 0.0838. The molecule has 0 bridgehead atoms. The van der Waals surface area contributed by atoms with Crippen LogP contribution in [-0.2, 0) is 40.3 Å². The highest BCUT2D eigenvalue weighted by atomic mass is 32.1. The van der Waals surface area contributed by atoms with E-state index in [1.807, 2.05) is 48.5 Å². The van der Waals surface area contributed by atoms with Crippen molar-refractivity contribution < 1.29 is 24.1 Å². The Labute approximate surface area is 210 Å². The average Bonchev–Trinajstić information content (AvgIpc) is 3.25. The van der Waals surface area contributed by atoms with Crippen molar-refractivity contribution in [2.45, 2.75) is 39.4 Å². The van der Waals surface area contributed by atoms with Crippen LogP contribution >= 0.6 is 11.3 Å². The number of hydrogen-bond acceptors (Lipinski definition) is 7. The minimum atomic E-state index is -0.809. The second-order valence-electron chi connectivity index (χ2n) is 8.50. The lowest BCUT2D eigenvalue weighted by Crippen LogP contribution is -2.36. The number of benzene rings is 2. The molecule has 4 rings (SSSR count). The van der Waals surface area contributed by atoms with E-state index in [4.69, 9.17) is 24.3 Å². The topological polar surface area (TPSA) is 81.1 Å². The van der Waals surface area contributed by atoms with Crippen molar-refractivity contribution >= 4 is 22.4 Å². The van der Waals surface area contributed by atoms with Crippen LogP contribution in [0.25, 0.3) is 0 Å². The molecular formula is C27H32N2O5S. The molecule has 1 N–H and O–H groups in total. The molecule has 0 saturated carbocycles. The monoisotopic (exact) mass is 496 g/mol. The molecule has 0 spiro atoms. The number of carboxylic acid groups (broad SMARTS) is 1. The van der Waals surface area contributed by atoms with Crippen LogP contribution in [0.3, 0.4) is 0 Å². The molecule has 2 heterocycles. The Morgan fingerprint density at radius 1 is 1.09 bits per heavy atom. The fraction of sp³-hybridized carbons (Fsp3) is 0.407. The molecule has 1 aliphatic heterocycles. The van der Waals surface area contributed by atoms with Crippen LogP contribution < -0.4 is 9.64 Å². The Morgan fingerprint density at radius 3 is 2.66 bits per heavy atom. The number of anilines is 1. The number of aliphatic carboxylic acids is 1. The number of carboxylic acids is 1. The maximum absolute atomic E-state index is 11.1. The van der Waals surface area contributed by atoms with Gasteiger partial charge < -0.3 is 24.2 Å². The number of thiazole rings is 1. The summed E-state index contributed by atoms with van der Waals surface area (Å²) >= 11 is 1.73. The van der Waals surface area contributed by atoms with Crippen molar-refractivity contribution in [3.63, 3.8) is 0 Å². The van der Waals surface area contributed by atoms with E-state index in [9.17, 15) is 4.79 Å². The molecule has 3 aromatic rings. The lowest BCUT2D eigenvalue weighted by Gasteiger charge is -2.26. The second-order valence-corrected chi connectivity index (χ2v) is 9.68. The Kier molecular flexibility index (Phi) is 9.11. The van der Waals surface area contributed by atoms with Crippen LogP contribution in [-0.4, -0.2) is 49.0 Å². The Bertz CT molecular complexity index is 1100. The number of rotatable bonds is 12. The van der Waals surface area contributed by atoms with Gasteiger partial charge in [-0.2, -0.15) is 0 Å². The first-order valence-corrected chi connectivity index (χ1v) is 12.8. The summed E-state index contributed by atoms with van der Waals surface area (Å²) in [6, 6.07) is 15.8. The predicted molar refractivity (Wildman–Crippen MR) is 136 cm³/mol. The van der Waals surface area contributed by atoms with Gasteiger partial charge in [0, 0.05) is 30.8 Å². The van der Waals surface area contributed by atoms with E-state index in [0.29, 0.717) is 26.2 Å². The first-order chi connectivity index (χ1) is 17.1. The van der Waals surface area contributed by atoms with Crippen molar-refractivity contribution in [3.8, 4) is 5.75 Å². The smallest absolute Gasteiger partial charge is 0.303 e. The summed E-state index contributed by atoms with van der Waals surface area (Å²) in [4.78, 5) is 19.4. The molecule has 1 aromatic heterocycles. The summed E-state index contributed by atoms with van der Waals surface area (Å²) in [5.41, 5.74) is 4.10. The van der Waals surface area contributed by atoms with Crippen LogP contribution in [0, 0.1) is 6.92 Å². The SMILES string of the molecule is Cc1sc(N2CCOCC2)nc1CCOc1ccc(CCC(=O)O)c(COCc2ccccc2)c1. The summed E-state index contributed by atoms with van der Waals surface area (Å²) in [6.45, 7) is 6.78. The molecule has 0 radical (unpaired) electrons. The minimum Gasteiger partial charge on any atom is -0.493 e. The number of aromatic nitrogens is 1. The molecule has 8 heteroatoms. The molecule has 0 amide bonds. The predicted octanol–water partition coefficient (Wildman–Crippen LogP) is 4.64. The average molecular weight is 497 g/mol. The van der Waals surface area contributed by atoms with Gasteiger partial charge in [0.05, 0.1) is 38.7 Å². The normalized spacial score (nSPS) is 13.7. The number of ether oxygens (including phenoxy) is 3. The first kappa shape index (κ1) is 25.2. The van der Waals surface area contributed by atoms with Gasteiger partial charge >= 0.3 is 5.97 Å². The van der Waals surface area contributed by atoms with Gasteiger partial charge in [-0.05, 0) is 42.2 Å². The quantitative estimate of drug-likeness (QED) is 0.391. The molecule has 1 saturated heterocycles. The van der Waals surface area contributed by atoms with Gasteiger partial charge in [-0.1, -0.05) is 36.4 Å². The molecular weight excluding hydrogens is 464 g/mol. The summed E-state index contributed by atoms with van der Waals surface area (Å²) in [7, 11) is 0. The first-order valence-electron chi connectivity index (χ1n) is 12.0. The summed E-state index contributed by atoms with van der Waals surface area (Å²) in [5.74, 6) is -0.0553. The largest absolute Gasteiger partial charge is 0.493 e. The van der Waals surface area contributed by atoms with E-state index in [-0.39, 0.29) is 6.42 Å². The third kappa shape index (κ3) is 7.52. The summed E-state index contributed by atoms with van der Waals surface area (Å²) in [5, 5.41) is 10.2. The Morgan fingerprint density at radius 2 is 1.89 bits per heavy atom. The van der Waals surface area contributed by atoms with Crippen molar-refractivity contribution in [3.05, 3.63) is 75.8 Å². The molecule has 35 heavy (non-hydrogen) atoms. The van der Waals surface area contributed by atoms with Gasteiger partial charge in [-0.15, -0.1) is 11.3 Å². The van der Waals surface area contributed by atoms with E-state index < -0.39 is 5.97 Å². The molecule has 1 aliphatic rings. The van der Waals surface area contributed by atoms with Crippen LogP contribution in [0.15, 0.2) is 48.5 Å². The third-order valence-corrected chi connectivity index (χ3v) is 7.00. The van der Waals surface area contributed by atoms with E-state index in [0.717, 1.165) is 66.0 Å². The van der Waals surface area contributed by atoms with Gasteiger partial charge in [0.15, 0.2) is 5.13 Å². The van der Waals surface area contributed by atoms with Crippen LogP contribution in [0.5, 0.6) is 5.75 Å². The molecule has 1 fully saturated rings. The Hall–Kier alpha value is -2.94. The van der Waals surface area contributed by atoms with Gasteiger partial charge in [0.25, 0.3) is 0 Å². The molecule has 0 unspecified atom stereocenters. The Balaban J connectivity index is 1.35. The molecule has 7 nitrogen and oxygen atoms in total. The molecule has 186 valence electrons. The fourth-order valence-electron chi connectivity index (χ4n) is 3.97. The van der Waals surface area contributed by atoms with E-state index >= 15 is 0 Å². The highest BCUT2D eigenvalue weighted by Crippen LogP contribution is 2.27. The summed E-state index contributed by atoms with van der Waals surface area (Å²) < 4.78 is 17.4. The maximum Gasteiger partial charge on any atom is 0.303 e. The number of carbonyl (C=O) groups is 1. The van der Waals surface area contributed by atoms with Gasteiger partial charge in [0.1, 0.15) is 5.75 Å². The van der Waals surface area contributed by atoms with Crippen LogP contribution in [0.2, 0.25) is 0 Å². The van der Waals surface area contributed by atoms with E-state index in [1.54, 1.807) is 11.3 Å². The zero-order valence-electron chi connectivity index (χ0n) is 20.1. The van der Waals surface area contributed by atoms with Crippen molar-refractivity contribution in [2.75, 3.05) is 37.8 Å². The van der Waals surface area contributed by atoms with E-state index in [2.05, 4.69) is 11.8 Å². The molecule has 2 aromatic carbocycles. The number of morpholine rings is 1. The molecule has 0 atom stereocenters. The maximum atomic E-state index is 11.1. The van der Waals surface area contributed by atoms with Gasteiger partial charge in [0.2, 0.25) is 0 Å². The van der Waals surface area contributed by atoms with Gasteiger partial charge in [-0.3, -0.25) is 4.79 Å².